The Bertz CT molecular complexity index is 318. The summed E-state index contributed by atoms with van der Waals surface area (Å²) in [6.45, 7) is 0. The van der Waals surface area contributed by atoms with Gasteiger partial charge in [0.2, 0.25) is 0 Å². The Labute approximate surface area is 102 Å². The second kappa shape index (κ2) is 5.73. The van der Waals surface area contributed by atoms with Crippen LogP contribution in [0.3, 0.4) is 0 Å². The topological polar surface area (TPSA) is 29.9 Å². The molecule has 2 unspecified atom stereocenters. The largest absolute Gasteiger partial charge is 0.316 e. The van der Waals surface area contributed by atoms with E-state index >= 15 is 0 Å². The minimum Gasteiger partial charge on any atom is -0.316 e. The van der Waals surface area contributed by atoms with E-state index < -0.39 is 0 Å². The predicted octanol–water partition coefficient (Wildman–Crippen LogP) is 1.84. The summed E-state index contributed by atoms with van der Waals surface area (Å²) in [5, 5.41) is 8.48. The van der Waals surface area contributed by atoms with Crippen LogP contribution in [-0.2, 0) is 13.5 Å². The van der Waals surface area contributed by atoms with Gasteiger partial charge in [0.05, 0.1) is 6.20 Å². The highest BCUT2D eigenvalue weighted by atomic mass is 32.2. The molecule has 0 spiro atoms. The molecule has 1 fully saturated rings. The summed E-state index contributed by atoms with van der Waals surface area (Å²) in [5.74, 6) is 1.33. The molecule has 0 bridgehead atoms. The van der Waals surface area contributed by atoms with E-state index in [0.29, 0.717) is 6.04 Å². The molecule has 0 radical (unpaired) electrons. The fourth-order valence-corrected chi connectivity index (χ4v) is 3.81. The molecular weight excluding hydrogens is 218 g/mol. The summed E-state index contributed by atoms with van der Waals surface area (Å²) in [5.41, 5.74) is 1.34. The molecule has 1 aromatic rings. The first-order chi connectivity index (χ1) is 7.79. The smallest absolute Gasteiger partial charge is 0.0522 e. The molecule has 90 valence electrons. The van der Waals surface area contributed by atoms with Gasteiger partial charge in [0.25, 0.3) is 0 Å². The lowest BCUT2D eigenvalue weighted by Gasteiger charge is -2.29. The van der Waals surface area contributed by atoms with Crippen molar-refractivity contribution in [2.24, 2.45) is 7.05 Å². The minimum atomic E-state index is 0.592. The van der Waals surface area contributed by atoms with Crippen LogP contribution in [0, 0.1) is 0 Å². The molecule has 2 atom stereocenters. The van der Waals surface area contributed by atoms with E-state index in [1.807, 2.05) is 17.9 Å². The molecule has 0 aliphatic carbocycles. The fourth-order valence-electron chi connectivity index (χ4n) is 2.33. The van der Waals surface area contributed by atoms with Crippen LogP contribution >= 0.6 is 11.8 Å². The average molecular weight is 239 g/mol. The number of hydrogen-bond donors (Lipinski definition) is 1. The highest BCUT2D eigenvalue weighted by Gasteiger charge is 2.23. The molecule has 16 heavy (non-hydrogen) atoms. The van der Waals surface area contributed by atoms with Crippen molar-refractivity contribution in [1.29, 1.82) is 0 Å². The molecule has 1 N–H and O–H groups in total. The molecule has 2 rings (SSSR count). The number of aromatic nitrogens is 2. The number of rotatable bonds is 4. The molecule has 1 saturated heterocycles. The van der Waals surface area contributed by atoms with E-state index in [1.165, 1.54) is 30.6 Å². The second-order valence-corrected chi connectivity index (χ2v) is 5.87. The van der Waals surface area contributed by atoms with Crippen molar-refractivity contribution >= 4 is 11.8 Å². The number of aryl methyl sites for hydroxylation is 1. The summed E-state index contributed by atoms with van der Waals surface area (Å²) >= 11 is 2.13. The van der Waals surface area contributed by atoms with Crippen molar-refractivity contribution in [2.45, 2.75) is 37.0 Å². The summed E-state index contributed by atoms with van der Waals surface area (Å²) in [7, 11) is 4.06. The van der Waals surface area contributed by atoms with E-state index in [9.17, 15) is 0 Å². The Morgan fingerprint density at radius 1 is 1.62 bits per heavy atom. The van der Waals surface area contributed by atoms with Gasteiger partial charge in [0.15, 0.2) is 0 Å². The monoisotopic (exact) mass is 239 g/mol. The molecule has 0 aromatic carbocycles. The average Bonchev–Trinajstić information content (AvgIpc) is 2.73. The van der Waals surface area contributed by atoms with Gasteiger partial charge in [-0.2, -0.15) is 16.9 Å². The van der Waals surface area contributed by atoms with Crippen molar-refractivity contribution < 1.29 is 0 Å². The van der Waals surface area contributed by atoms with Crippen LogP contribution < -0.4 is 5.32 Å². The van der Waals surface area contributed by atoms with E-state index in [2.05, 4.69) is 35.4 Å². The lowest BCUT2D eigenvalue weighted by Crippen LogP contribution is -2.38. The summed E-state index contributed by atoms with van der Waals surface area (Å²) in [6, 6.07) is 0.592. The third-order valence-electron chi connectivity index (χ3n) is 3.25. The Balaban J connectivity index is 1.94. The third kappa shape index (κ3) is 3.01. The van der Waals surface area contributed by atoms with Crippen molar-refractivity contribution in [2.75, 3.05) is 12.8 Å². The standard InChI is InChI=1S/C12H21N3S/c1-13-11(12-5-3-4-6-16-12)7-10-8-14-15(2)9-10/h8-9,11-13H,3-7H2,1-2H3. The highest BCUT2D eigenvalue weighted by molar-refractivity contribution is 8.00. The first kappa shape index (κ1) is 12.0. The van der Waals surface area contributed by atoms with Gasteiger partial charge in [0, 0.05) is 24.5 Å². The molecule has 3 nitrogen and oxygen atoms in total. The van der Waals surface area contributed by atoms with Crippen LogP contribution in [0.1, 0.15) is 24.8 Å². The first-order valence-electron chi connectivity index (χ1n) is 6.06. The van der Waals surface area contributed by atoms with Crippen molar-refractivity contribution in [1.82, 2.24) is 15.1 Å². The van der Waals surface area contributed by atoms with Crippen LogP contribution in [-0.4, -0.2) is 33.9 Å². The molecule has 1 aliphatic rings. The molecular formula is C12H21N3S. The summed E-state index contributed by atoms with van der Waals surface area (Å²) in [6.07, 6.45) is 9.35. The van der Waals surface area contributed by atoms with Crippen LogP contribution in [0.25, 0.3) is 0 Å². The maximum Gasteiger partial charge on any atom is 0.0522 e. The Morgan fingerprint density at radius 2 is 2.50 bits per heavy atom. The number of thioether (sulfide) groups is 1. The van der Waals surface area contributed by atoms with Gasteiger partial charge < -0.3 is 5.32 Å². The molecule has 4 heteroatoms. The normalized spacial score (nSPS) is 23.2. The maximum absolute atomic E-state index is 4.23. The summed E-state index contributed by atoms with van der Waals surface area (Å²) < 4.78 is 1.88. The molecule has 0 amide bonds. The second-order valence-electron chi connectivity index (χ2n) is 4.53. The van der Waals surface area contributed by atoms with Crippen molar-refractivity contribution in [3.8, 4) is 0 Å². The minimum absolute atomic E-state index is 0.592. The van der Waals surface area contributed by atoms with E-state index in [0.717, 1.165) is 11.7 Å². The highest BCUT2D eigenvalue weighted by Crippen LogP contribution is 2.28. The van der Waals surface area contributed by atoms with Crippen LogP contribution in [0.4, 0.5) is 0 Å². The van der Waals surface area contributed by atoms with E-state index in [4.69, 9.17) is 0 Å². The fraction of sp³-hybridized carbons (Fsp3) is 0.750. The molecule has 1 aromatic heterocycles. The molecule has 0 saturated carbocycles. The maximum atomic E-state index is 4.23. The van der Waals surface area contributed by atoms with E-state index in [1.54, 1.807) is 0 Å². The Kier molecular flexibility index (Phi) is 4.29. The zero-order valence-corrected chi connectivity index (χ0v) is 11.0. The predicted molar refractivity (Wildman–Crippen MR) is 69.9 cm³/mol. The van der Waals surface area contributed by atoms with E-state index in [-0.39, 0.29) is 0 Å². The Hall–Kier alpha value is -0.480. The van der Waals surface area contributed by atoms with Gasteiger partial charge in [-0.25, -0.2) is 0 Å². The zero-order chi connectivity index (χ0) is 11.4. The van der Waals surface area contributed by atoms with Crippen molar-refractivity contribution in [3.63, 3.8) is 0 Å². The number of nitrogens with zero attached hydrogens (tertiary/aromatic N) is 2. The lowest BCUT2D eigenvalue weighted by atomic mass is 10.0. The van der Waals surface area contributed by atoms with Crippen LogP contribution in [0.2, 0.25) is 0 Å². The van der Waals surface area contributed by atoms with Gasteiger partial charge >= 0.3 is 0 Å². The number of hydrogen-bond acceptors (Lipinski definition) is 3. The zero-order valence-electron chi connectivity index (χ0n) is 10.1. The SMILES string of the molecule is CNC(Cc1cnn(C)c1)C1CCCCS1. The van der Waals surface area contributed by atoms with Gasteiger partial charge in [-0.05, 0) is 37.6 Å². The number of likely N-dealkylation sites (N-methyl/N-ethyl adjacent to an activating group) is 1. The van der Waals surface area contributed by atoms with Gasteiger partial charge in [0.1, 0.15) is 0 Å². The van der Waals surface area contributed by atoms with Gasteiger partial charge in [-0.3, -0.25) is 4.68 Å². The molecule has 1 aliphatic heterocycles. The third-order valence-corrected chi connectivity index (χ3v) is 4.77. The first-order valence-corrected chi connectivity index (χ1v) is 7.11. The van der Waals surface area contributed by atoms with Gasteiger partial charge in [-0.1, -0.05) is 6.42 Å². The van der Waals surface area contributed by atoms with Gasteiger partial charge in [-0.15, -0.1) is 0 Å². The summed E-state index contributed by atoms with van der Waals surface area (Å²) in [4.78, 5) is 0. The van der Waals surface area contributed by atoms with Crippen LogP contribution in [0.15, 0.2) is 12.4 Å². The molecule has 2 heterocycles. The lowest BCUT2D eigenvalue weighted by molar-refractivity contribution is 0.494. The quantitative estimate of drug-likeness (QED) is 0.869. The van der Waals surface area contributed by atoms with Crippen molar-refractivity contribution in [3.05, 3.63) is 18.0 Å². The number of nitrogens with one attached hydrogen (secondary N) is 1. The Morgan fingerprint density at radius 3 is 3.06 bits per heavy atom. The van der Waals surface area contributed by atoms with Crippen LogP contribution in [0.5, 0.6) is 0 Å².